The van der Waals surface area contributed by atoms with Gasteiger partial charge in [-0.3, -0.25) is 9.59 Å². The highest BCUT2D eigenvalue weighted by Gasteiger charge is 2.48. The van der Waals surface area contributed by atoms with E-state index in [0.717, 1.165) is 27.9 Å². The van der Waals surface area contributed by atoms with Gasteiger partial charge < -0.3 is 25.2 Å². The van der Waals surface area contributed by atoms with Crippen LogP contribution in [0, 0.1) is 11.7 Å². The third kappa shape index (κ3) is 7.74. The zero-order chi connectivity index (χ0) is 35.2. The molecule has 6 rings (SSSR count). The van der Waals surface area contributed by atoms with Gasteiger partial charge in [0.1, 0.15) is 11.6 Å². The van der Waals surface area contributed by atoms with Crippen molar-refractivity contribution >= 4 is 23.5 Å². The predicted octanol–water partition coefficient (Wildman–Crippen LogP) is 7.27. The van der Waals surface area contributed by atoms with Crippen LogP contribution < -0.4 is 15.0 Å². The maximum absolute atomic E-state index is 13.6. The van der Waals surface area contributed by atoms with E-state index in [0.29, 0.717) is 42.7 Å². The number of nitrogens with one attached hydrogen (secondary N) is 1. The van der Waals surface area contributed by atoms with Gasteiger partial charge in [0, 0.05) is 17.8 Å². The van der Waals surface area contributed by atoms with E-state index in [9.17, 15) is 23.9 Å². The smallest absolute Gasteiger partial charge is 0.335 e. The zero-order valence-corrected chi connectivity index (χ0v) is 27.5. The van der Waals surface area contributed by atoms with Crippen molar-refractivity contribution in [1.82, 2.24) is 5.32 Å². The average Bonchev–Trinajstić information content (AvgIpc) is 3.14. The summed E-state index contributed by atoms with van der Waals surface area (Å²) in [6.45, 7) is 0.302. The molecule has 1 saturated heterocycles. The second kappa shape index (κ2) is 15.2. The Morgan fingerprint density at radius 2 is 1.38 bits per heavy atom. The van der Waals surface area contributed by atoms with Crippen LogP contribution in [0.3, 0.4) is 0 Å². The van der Waals surface area contributed by atoms with Crippen LogP contribution in [-0.2, 0) is 17.8 Å². The fourth-order valence-electron chi connectivity index (χ4n) is 6.32. The fourth-order valence-corrected chi connectivity index (χ4v) is 6.32. The Bertz CT molecular complexity index is 1940. The number of aliphatic hydroxyl groups is 1. The number of carboxylic acid groups (broad SMARTS) is 1. The third-order valence-corrected chi connectivity index (χ3v) is 9.17. The molecule has 50 heavy (non-hydrogen) atoms. The molecule has 5 aromatic carbocycles. The van der Waals surface area contributed by atoms with Gasteiger partial charge in [-0.05, 0) is 108 Å². The van der Waals surface area contributed by atoms with Crippen molar-refractivity contribution in [3.05, 3.63) is 166 Å². The Morgan fingerprint density at radius 3 is 1.96 bits per heavy atom. The van der Waals surface area contributed by atoms with Crippen LogP contribution in [0.1, 0.15) is 73.5 Å². The van der Waals surface area contributed by atoms with E-state index in [-0.39, 0.29) is 35.2 Å². The van der Waals surface area contributed by atoms with Crippen molar-refractivity contribution in [3.8, 4) is 5.75 Å². The Morgan fingerprint density at radius 1 is 0.800 bits per heavy atom. The van der Waals surface area contributed by atoms with Crippen LogP contribution in [0.15, 0.2) is 121 Å². The first-order chi connectivity index (χ1) is 24.2. The number of rotatable bonds is 13. The van der Waals surface area contributed by atoms with Crippen LogP contribution in [0.5, 0.6) is 5.75 Å². The molecule has 0 bridgehead atoms. The number of halogens is 1. The minimum atomic E-state index is -0.963. The number of carboxylic acids is 1. The number of carbonyl (C=O) groups excluding carboxylic acids is 2. The molecule has 1 heterocycles. The second-order valence-corrected chi connectivity index (χ2v) is 12.4. The van der Waals surface area contributed by atoms with E-state index in [2.05, 4.69) is 5.32 Å². The number of anilines is 1. The van der Waals surface area contributed by atoms with Crippen molar-refractivity contribution in [2.75, 3.05) is 12.0 Å². The highest BCUT2D eigenvalue weighted by Crippen LogP contribution is 2.46. The van der Waals surface area contributed by atoms with E-state index in [1.807, 2.05) is 60.7 Å². The summed E-state index contributed by atoms with van der Waals surface area (Å²) >= 11 is 0. The van der Waals surface area contributed by atoms with Crippen LogP contribution in [0.25, 0.3) is 0 Å². The molecule has 0 spiro atoms. The summed E-state index contributed by atoms with van der Waals surface area (Å²) in [7, 11) is 1.60. The summed E-state index contributed by atoms with van der Waals surface area (Å²) in [6.07, 6.45) is 0.611. The number of hydrogen-bond acceptors (Lipinski definition) is 5. The molecule has 3 unspecified atom stereocenters. The molecule has 5 aromatic rings. The number of hydrogen-bond donors (Lipinski definition) is 3. The number of aromatic carboxylic acids is 1. The summed E-state index contributed by atoms with van der Waals surface area (Å²) in [6, 6.07) is 34.7. The third-order valence-electron chi connectivity index (χ3n) is 9.17. The van der Waals surface area contributed by atoms with Crippen molar-refractivity contribution in [3.63, 3.8) is 0 Å². The Labute approximate surface area is 289 Å². The Kier molecular flexibility index (Phi) is 10.3. The minimum Gasteiger partial charge on any atom is -0.497 e. The fraction of sp³-hybridized carbons (Fsp3) is 0.195. The van der Waals surface area contributed by atoms with Crippen molar-refractivity contribution in [2.45, 2.75) is 38.0 Å². The van der Waals surface area contributed by atoms with Gasteiger partial charge in [-0.2, -0.15) is 0 Å². The molecular formula is C41H37FN2O6. The van der Waals surface area contributed by atoms with E-state index in [4.69, 9.17) is 9.84 Å². The summed E-state index contributed by atoms with van der Waals surface area (Å²) in [4.78, 5) is 39.3. The van der Waals surface area contributed by atoms with Crippen LogP contribution in [0.4, 0.5) is 10.1 Å². The molecule has 2 amide bonds. The molecule has 254 valence electrons. The lowest BCUT2D eigenvalue weighted by Gasteiger charge is -2.48. The number of amides is 2. The van der Waals surface area contributed by atoms with Gasteiger partial charge in [0.15, 0.2) is 0 Å². The molecule has 9 heteroatoms. The normalized spacial score (nSPS) is 16.0. The van der Waals surface area contributed by atoms with Crippen LogP contribution >= 0.6 is 0 Å². The van der Waals surface area contributed by atoms with Gasteiger partial charge in [-0.25, -0.2) is 9.18 Å². The Balaban J connectivity index is 1.07. The van der Waals surface area contributed by atoms with E-state index in [1.165, 1.54) is 12.1 Å². The molecule has 3 atom stereocenters. The molecule has 1 aliphatic rings. The second-order valence-electron chi connectivity index (χ2n) is 12.4. The zero-order valence-electron chi connectivity index (χ0n) is 27.5. The number of β-lactam (4-membered cyclic amide) rings is 1. The number of carbonyl (C=O) groups is 3. The monoisotopic (exact) mass is 672 g/mol. The number of benzene rings is 5. The molecule has 1 aliphatic heterocycles. The Hall–Kier alpha value is -5.80. The van der Waals surface area contributed by atoms with E-state index in [1.54, 1.807) is 60.5 Å². The summed E-state index contributed by atoms with van der Waals surface area (Å²) in [5.74, 6) is -1.23. The maximum Gasteiger partial charge on any atom is 0.335 e. The molecule has 1 fully saturated rings. The number of nitrogens with zero attached hydrogens (tertiary/aromatic N) is 1. The van der Waals surface area contributed by atoms with Crippen molar-refractivity contribution in [1.29, 1.82) is 0 Å². The number of aliphatic hydroxyl groups excluding tert-OH is 1. The predicted molar refractivity (Wildman–Crippen MR) is 188 cm³/mol. The van der Waals surface area contributed by atoms with Gasteiger partial charge in [-0.15, -0.1) is 0 Å². The SMILES string of the molecule is COc1ccc(C2C(CCC(O)c3ccc(F)cc3)C(=O)N2c2ccc(CNC(=O)c3ccc(Cc4ccc(C(=O)O)cc4)cc3)cc2)cc1. The van der Waals surface area contributed by atoms with Gasteiger partial charge in [0.05, 0.1) is 30.7 Å². The molecule has 0 saturated carbocycles. The standard InChI is InChI=1S/C41H37FN2O6/c1-50-35-20-14-30(15-21-35)38-36(22-23-37(45)29-12-16-33(42)17-13-29)40(47)44(38)34-18-6-28(7-19-34)25-43-39(46)31-8-2-26(3-9-31)24-27-4-10-32(11-5-27)41(48)49/h2-21,36-38,45H,22-25H2,1H3,(H,43,46)(H,48,49). The van der Waals surface area contributed by atoms with Gasteiger partial charge in [0.2, 0.25) is 5.91 Å². The molecule has 0 aromatic heterocycles. The first-order valence-corrected chi connectivity index (χ1v) is 16.4. The molecular weight excluding hydrogens is 635 g/mol. The maximum atomic E-state index is 13.6. The highest BCUT2D eigenvalue weighted by molar-refractivity contribution is 6.03. The van der Waals surface area contributed by atoms with Crippen molar-refractivity contribution < 1.29 is 33.7 Å². The minimum absolute atomic E-state index is 0.0427. The first-order valence-electron chi connectivity index (χ1n) is 16.4. The lowest BCUT2D eigenvalue weighted by atomic mass is 9.78. The summed E-state index contributed by atoms with van der Waals surface area (Å²) in [5, 5.41) is 22.8. The average molecular weight is 673 g/mol. The lowest BCUT2D eigenvalue weighted by Crippen LogP contribution is -2.55. The van der Waals surface area contributed by atoms with E-state index < -0.39 is 12.1 Å². The summed E-state index contributed by atoms with van der Waals surface area (Å²) in [5.41, 5.74) is 5.90. The number of ether oxygens (including phenoxy) is 1. The summed E-state index contributed by atoms with van der Waals surface area (Å²) < 4.78 is 18.7. The number of methoxy groups -OCH3 is 1. The van der Waals surface area contributed by atoms with Gasteiger partial charge >= 0.3 is 5.97 Å². The molecule has 0 aliphatic carbocycles. The van der Waals surface area contributed by atoms with Crippen LogP contribution in [-0.4, -0.2) is 35.1 Å². The van der Waals surface area contributed by atoms with Gasteiger partial charge in [0.25, 0.3) is 5.91 Å². The molecule has 8 nitrogen and oxygen atoms in total. The first kappa shape index (κ1) is 34.1. The highest BCUT2D eigenvalue weighted by atomic mass is 19.1. The quantitative estimate of drug-likeness (QED) is 0.113. The van der Waals surface area contributed by atoms with Crippen molar-refractivity contribution in [2.24, 2.45) is 5.92 Å². The lowest BCUT2D eigenvalue weighted by molar-refractivity contribution is -0.131. The van der Waals surface area contributed by atoms with Gasteiger partial charge in [-0.1, -0.05) is 60.7 Å². The topological polar surface area (TPSA) is 116 Å². The van der Waals surface area contributed by atoms with Crippen LogP contribution in [0.2, 0.25) is 0 Å². The van der Waals surface area contributed by atoms with E-state index >= 15 is 0 Å². The largest absolute Gasteiger partial charge is 0.497 e. The molecule has 3 N–H and O–H groups in total. The molecule has 0 radical (unpaired) electrons.